The van der Waals surface area contributed by atoms with Crippen molar-refractivity contribution in [3.05, 3.63) is 17.5 Å². The topological polar surface area (TPSA) is 62.9 Å². The van der Waals surface area contributed by atoms with Crippen LogP contribution in [0.25, 0.3) is 0 Å². The summed E-state index contributed by atoms with van der Waals surface area (Å²) >= 11 is 0. The molecular formula is C13H22N4O2. The summed E-state index contributed by atoms with van der Waals surface area (Å²) in [6.45, 7) is 8.35. The molecule has 1 aliphatic rings. The molecule has 1 aromatic heterocycles. The minimum absolute atomic E-state index is 0.217. The third-order valence-electron chi connectivity index (χ3n) is 3.03. The maximum atomic E-state index is 5.72. The molecule has 1 aliphatic heterocycles. The number of rotatable bonds is 2. The van der Waals surface area contributed by atoms with Gasteiger partial charge in [-0.3, -0.25) is 4.99 Å². The Labute approximate surface area is 113 Å². The van der Waals surface area contributed by atoms with Crippen LogP contribution in [0.5, 0.6) is 0 Å². The summed E-state index contributed by atoms with van der Waals surface area (Å²) in [5.74, 6) is 1.68. The van der Waals surface area contributed by atoms with Crippen LogP contribution in [0.15, 0.2) is 15.6 Å². The van der Waals surface area contributed by atoms with Crippen LogP contribution in [0.2, 0.25) is 0 Å². The predicted molar refractivity (Wildman–Crippen MR) is 73.0 cm³/mol. The maximum Gasteiger partial charge on any atom is 0.194 e. The number of hydrogen-bond donors (Lipinski definition) is 1. The SMILES string of the molecule is CN=C(NCc1cc(C)no1)N1CC(C)OC(C)C1. The minimum Gasteiger partial charge on any atom is -0.372 e. The number of aryl methyl sites for hydroxylation is 1. The lowest BCUT2D eigenvalue weighted by atomic mass is 10.2. The average Bonchev–Trinajstić information content (AvgIpc) is 2.75. The monoisotopic (exact) mass is 266 g/mol. The van der Waals surface area contributed by atoms with E-state index in [-0.39, 0.29) is 12.2 Å². The van der Waals surface area contributed by atoms with Crippen molar-refractivity contribution in [1.29, 1.82) is 0 Å². The summed E-state index contributed by atoms with van der Waals surface area (Å²) in [4.78, 5) is 6.53. The van der Waals surface area contributed by atoms with Crippen LogP contribution in [0.1, 0.15) is 25.3 Å². The van der Waals surface area contributed by atoms with Crippen molar-refractivity contribution in [3.63, 3.8) is 0 Å². The molecule has 0 aromatic carbocycles. The zero-order chi connectivity index (χ0) is 13.8. The zero-order valence-electron chi connectivity index (χ0n) is 12.0. The van der Waals surface area contributed by atoms with Gasteiger partial charge in [-0.1, -0.05) is 5.16 Å². The lowest BCUT2D eigenvalue weighted by Gasteiger charge is -2.37. The van der Waals surface area contributed by atoms with Crippen LogP contribution < -0.4 is 5.32 Å². The Morgan fingerprint density at radius 1 is 1.47 bits per heavy atom. The molecule has 1 saturated heterocycles. The smallest absolute Gasteiger partial charge is 0.194 e. The van der Waals surface area contributed by atoms with Gasteiger partial charge in [-0.2, -0.15) is 0 Å². The fourth-order valence-corrected chi connectivity index (χ4v) is 2.35. The molecule has 0 aliphatic carbocycles. The van der Waals surface area contributed by atoms with Gasteiger partial charge in [0.15, 0.2) is 11.7 Å². The molecule has 2 atom stereocenters. The van der Waals surface area contributed by atoms with Gasteiger partial charge < -0.3 is 19.5 Å². The van der Waals surface area contributed by atoms with E-state index in [1.807, 2.05) is 13.0 Å². The largest absolute Gasteiger partial charge is 0.372 e. The first kappa shape index (κ1) is 13.9. The highest BCUT2D eigenvalue weighted by molar-refractivity contribution is 5.80. The van der Waals surface area contributed by atoms with Gasteiger partial charge in [-0.25, -0.2) is 0 Å². The third-order valence-corrected chi connectivity index (χ3v) is 3.03. The normalized spacial score (nSPS) is 24.6. The Hall–Kier alpha value is -1.56. The summed E-state index contributed by atoms with van der Waals surface area (Å²) in [6, 6.07) is 1.92. The fourth-order valence-electron chi connectivity index (χ4n) is 2.35. The molecule has 6 heteroatoms. The van der Waals surface area contributed by atoms with Crippen LogP contribution in [-0.2, 0) is 11.3 Å². The van der Waals surface area contributed by atoms with Gasteiger partial charge in [0, 0.05) is 26.2 Å². The summed E-state index contributed by atoms with van der Waals surface area (Å²) in [5, 5.41) is 7.17. The molecule has 0 saturated carbocycles. The summed E-state index contributed by atoms with van der Waals surface area (Å²) in [6.07, 6.45) is 0.435. The summed E-state index contributed by atoms with van der Waals surface area (Å²) in [7, 11) is 1.79. The summed E-state index contributed by atoms with van der Waals surface area (Å²) < 4.78 is 10.9. The van der Waals surface area contributed by atoms with Gasteiger partial charge >= 0.3 is 0 Å². The highest BCUT2D eigenvalue weighted by atomic mass is 16.5. The molecule has 6 nitrogen and oxygen atoms in total. The van der Waals surface area contributed by atoms with Gasteiger partial charge in [0.1, 0.15) is 0 Å². The molecule has 0 amide bonds. The number of nitrogens with zero attached hydrogens (tertiary/aromatic N) is 3. The second-order valence-corrected chi connectivity index (χ2v) is 5.00. The first-order chi connectivity index (χ1) is 9.08. The van der Waals surface area contributed by atoms with Crippen LogP contribution >= 0.6 is 0 Å². The van der Waals surface area contributed by atoms with Gasteiger partial charge in [-0.05, 0) is 20.8 Å². The average molecular weight is 266 g/mol. The van der Waals surface area contributed by atoms with E-state index in [2.05, 4.69) is 34.2 Å². The van der Waals surface area contributed by atoms with Gasteiger partial charge in [0.05, 0.1) is 24.4 Å². The molecule has 0 spiro atoms. The van der Waals surface area contributed by atoms with E-state index >= 15 is 0 Å². The van der Waals surface area contributed by atoms with Crippen molar-refractivity contribution >= 4 is 5.96 Å². The standard InChI is InChI=1S/C13H22N4O2/c1-9-5-12(19-16-9)6-15-13(14-4)17-7-10(2)18-11(3)8-17/h5,10-11H,6-8H2,1-4H3,(H,14,15). The fraction of sp³-hybridized carbons (Fsp3) is 0.692. The maximum absolute atomic E-state index is 5.72. The van der Waals surface area contributed by atoms with Gasteiger partial charge in [-0.15, -0.1) is 0 Å². The number of ether oxygens (including phenoxy) is 1. The molecule has 2 rings (SSSR count). The second-order valence-electron chi connectivity index (χ2n) is 5.00. The number of aromatic nitrogens is 1. The van der Waals surface area contributed by atoms with E-state index < -0.39 is 0 Å². The van der Waals surface area contributed by atoms with Gasteiger partial charge in [0.25, 0.3) is 0 Å². The van der Waals surface area contributed by atoms with E-state index in [0.717, 1.165) is 30.5 Å². The van der Waals surface area contributed by atoms with Crippen molar-refractivity contribution in [3.8, 4) is 0 Å². The molecular weight excluding hydrogens is 244 g/mol. The number of aliphatic imine (C=N–C) groups is 1. The van der Waals surface area contributed by atoms with Crippen LogP contribution in [0.4, 0.5) is 0 Å². The van der Waals surface area contributed by atoms with Crippen molar-refractivity contribution < 1.29 is 9.26 Å². The predicted octanol–water partition coefficient (Wildman–Crippen LogP) is 1.17. The van der Waals surface area contributed by atoms with Gasteiger partial charge in [0.2, 0.25) is 0 Å². The molecule has 1 fully saturated rings. The molecule has 0 radical (unpaired) electrons. The van der Waals surface area contributed by atoms with E-state index in [0.29, 0.717) is 6.54 Å². The van der Waals surface area contributed by atoms with Crippen molar-refractivity contribution in [2.75, 3.05) is 20.1 Å². The van der Waals surface area contributed by atoms with Crippen LogP contribution in [0, 0.1) is 6.92 Å². The lowest BCUT2D eigenvalue weighted by molar-refractivity contribution is -0.0489. The number of guanidine groups is 1. The first-order valence-electron chi connectivity index (χ1n) is 6.61. The minimum atomic E-state index is 0.217. The number of morpholine rings is 1. The third kappa shape index (κ3) is 3.70. The van der Waals surface area contributed by atoms with E-state index in [9.17, 15) is 0 Å². The van der Waals surface area contributed by atoms with Crippen LogP contribution in [0.3, 0.4) is 0 Å². The molecule has 1 aromatic rings. The molecule has 0 bridgehead atoms. The van der Waals surface area contributed by atoms with E-state index in [1.54, 1.807) is 7.05 Å². The van der Waals surface area contributed by atoms with Crippen molar-refractivity contribution in [2.24, 2.45) is 4.99 Å². The Morgan fingerprint density at radius 2 is 2.16 bits per heavy atom. The first-order valence-corrected chi connectivity index (χ1v) is 6.61. The zero-order valence-corrected chi connectivity index (χ0v) is 12.0. The molecule has 1 N–H and O–H groups in total. The molecule has 2 unspecified atom stereocenters. The Kier molecular flexibility index (Phi) is 4.42. The van der Waals surface area contributed by atoms with Crippen molar-refractivity contribution in [1.82, 2.24) is 15.4 Å². The molecule has 106 valence electrons. The summed E-state index contributed by atoms with van der Waals surface area (Å²) in [5.41, 5.74) is 0.889. The Bertz CT molecular complexity index is 434. The Balaban J connectivity index is 1.93. The number of hydrogen-bond acceptors (Lipinski definition) is 4. The Morgan fingerprint density at radius 3 is 2.68 bits per heavy atom. The van der Waals surface area contributed by atoms with E-state index in [4.69, 9.17) is 9.26 Å². The number of nitrogens with one attached hydrogen (secondary N) is 1. The molecule has 19 heavy (non-hydrogen) atoms. The van der Waals surface area contributed by atoms with Crippen molar-refractivity contribution in [2.45, 2.75) is 39.5 Å². The lowest BCUT2D eigenvalue weighted by Crippen LogP contribution is -2.52. The highest BCUT2D eigenvalue weighted by Crippen LogP contribution is 2.11. The second kappa shape index (κ2) is 6.06. The quantitative estimate of drug-likeness (QED) is 0.643. The van der Waals surface area contributed by atoms with E-state index in [1.165, 1.54) is 0 Å². The highest BCUT2D eigenvalue weighted by Gasteiger charge is 2.24. The van der Waals surface area contributed by atoms with Crippen LogP contribution in [-0.4, -0.2) is 48.4 Å². The molecule has 2 heterocycles.